The van der Waals surface area contributed by atoms with E-state index in [-0.39, 0.29) is 35.6 Å². The van der Waals surface area contributed by atoms with Gasteiger partial charge in [0.1, 0.15) is 11.2 Å². The molecule has 13 heteroatoms. The van der Waals surface area contributed by atoms with Crippen molar-refractivity contribution in [1.29, 1.82) is 0 Å². The fraction of sp³-hybridized carbons (Fsp3) is 0.414. The van der Waals surface area contributed by atoms with E-state index in [4.69, 9.17) is 14.2 Å². The van der Waals surface area contributed by atoms with Gasteiger partial charge in [-0.25, -0.2) is 23.9 Å². The van der Waals surface area contributed by atoms with E-state index in [1.165, 1.54) is 18.3 Å². The number of nitrogens with one attached hydrogen (secondary N) is 3. The van der Waals surface area contributed by atoms with Gasteiger partial charge in [-0.05, 0) is 66.7 Å². The summed E-state index contributed by atoms with van der Waals surface area (Å²) in [5.41, 5.74) is 0.261. The first kappa shape index (κ1) is 30.3. The average Bonchev–Trinajstić information content (AvgIpc) is 3.24. The van der Waals surface area contributed by atoms with Gasteiger partial charge in [0.25, 0.3) is 5.91 Å². The first-order valence-electron chi connectivity index (χ1n) is 13.5. The molecule has 3 heterocycles. The zero-order valence-corrected chi connectivity index (χ0v) is 24.7. The lowest BCUT2D eigenvalue weighted by Gasteiger charge is -2.27. The SMILES string of the molecule is CCOc1c(F)cccc1Nc1c(-c2ccnc(N(C(=O)OC(C)(C)C)C(=O)OC(C)(C)C)n2)[nH]c2c1C(=O)NCC2. The molecule has 224 valence electrons. The number of ether oxygens (including phenoxy) is 3. The molecule has 3 aromatic rings. The maximum absolute atomic E-state index is 14.7. The van der Waals surface area contributed by atoms with Gasteiger partial charge in [-0.15, -0.1) is 4.90 Å². The zero-order valence-electron chi connectivity index (χ0n) is 24.7. The minimum atomic E-state index is -1.03. The lowest BCUT2D eigenvalue weighted by atomic mass is 10.1. The van der Waals surface area contributed by atoms with E-state index in [1.54, 1.807) is 60.6 Å². The summed E-state index contributed by atoms with van der Waals surface area (Å²) >= 11 is 0. The lowest BCUT2D eigenvalue weighted by Crippen LogP contribution is -2.44. The molecule has 3 N–H and O–H groups in total. The molecule has 42 heavy (non-hydrogen) atoms. The number of anilines is 3. The lowest BCUT2D eigenvalue weighted by molar-refractivity contribution is 0.0427. The van der Waals surface area contributed by atoms with Crippen LogP contribution in [0.4, 0.5) is 31.3 Å². The number of hydrogen-bond acceptors (Lipinski definition) is 9. The molecule has 0 unspecified atom stereocenters. The highest BCUT2D eigenvalue weighted by molar-refractivity contribution is 6.09. The van der Waals surface area contributed by atoms with Crippen LogP contribution in [0, 0.1) is 5.82 Å². The van der Waals surface area contributed by atoms with Crippen LogP contribution in [0.3, 0.4) is 0 Å². The third-order valence-corrected chi connectivity index (χ3v) is 5.73. The summed E-state index contributed by atoms with van der Waals surface area (Å²) in [5, 5.41) is 5.96. The number of benzene rings is 1. The predicted octanol–water partition coefficient (Wildman–Crippen LogP) is 5.72. The van der Waals surface area contributed by atoms with Gasteiger partial charge in [0, 0.05) is 24.9 Å². The van der Waals surface area contributed by atoms with Gasteiger partial charge in [-0.2, -0.15) is 0 Å². The quantitative estimate of drug-likeness (QED) is 0.332. The van der Waals surface area contributed by atoms with E-state index in [0.29, 0.717) is 40.5 Å². The third-order valence-electron chi connectivity index (χ3n) is 5.73. The smallest absolute Gasteiger partial charge is 0.427 e. The van der Waals surface area contributed by atoms with Gasteiger partial charge in [-0.3, -0.25) is 4.79 Å². The Morgan fingerprint density at radius 2 is 1.74 bits per heavy atom. The molecule has 12 nitrogen and oxygen atoms in total. The molecule has 1 aliphatic heterocycles. The number of hydrogen-bond donors (Lipinski definition) is 3. The molecule has 0 spiro atoms. The standard InChI is InChI=1S/C29H35FN6O6/c1-8-40-23-16(30)10-9-11-19(23)34-22-20-17(12-14-31-24(20)37)33-21(22)18-13-15-32-25(35-18)36(26(38)41-28(2,3)4)27(39)42-29(5,6)7/h9-11,13,15,33-34H,8,12,14H2,1-7H3,(H,31,37). The summed E-state index contributed by atoms with van der Waals surface area (Å²) in [6.07, 6.45) is -0.203. The van der Waals surface area contributed by atoms with Crippen molar-refractivity contribution in [1.82, 2.24) is 20.3 Å². The number of aromatic amines is 1. The number of aromatic nitrogens is 3. The van der Waals surface area contributed by atoms with Crippen molar-refractivity contribution in [3.8, 4) is 17.1 Å². The highest BCUT2D eigenvalue weighted by atomic mass is 19.1. The van der Waals surface area contributed by atoms with Crippen LogP contribution in [-0.2, 0) is 15.9 Å². The Bertz CT molecular complexity index is 1480. The number of nitrogens with zero attached hydrogens (tertiary/aromatic N) is 3. The first-order valence-corrected chi connectivity index (χ1v) is 13.5. The van der Waals surface area contributed by atoms with Crippen LogP contribution in [0.25, 0.3) is 11.4 Å². The average molecular weight is 583 g/mol. The molecule has 0 bridgehead atoms. The Morgan fingerprint density at radius 3 is 2.36 bits per heavy atom. The van der Waals surface area contributed by atoms with E-state index < -0.39 is 29.2 Å². The second-order valence-corrected chi connectivity index (χ2v) is 11.4. The molecule has 1 aromatic carbocycles. The van der Waals surface area contributed by atoms with Crippen molar-refractivity contribution < 1.29 is 33.0 Å². The van der Waals surface area contributed by atoms with Crippen molar-refractivity contribution in [2.75, 3.05) is 23.4 Å². The maximum atomic E-state index is 14.7. The second kappa shape index (κ2) is 11.7. The molecule has 4 rings (SSSR count). The number of fused-ring (bicyclic) bond motifs is 1. The Hall–Kier alpha value is -4.68. The van der Waals surface area contributed by atoms with Gasteiger partial charge >= 0.3 is 12.2 Å². The number of amides is 3. The van der Waals surface area contributed by atoms with Crippen molar-refractivity contribution in [3.63, 3.8) is 0 Å². The van der Waals surface area contributed by atoms with Gasteiger partial charge in [0.05, 0.1) is 34.9 Å². The summed E-state index contributed by atoms with van der Waals surface area (Å²) in [6.45, 7) is 12.3. The molecule has 0 saturated heterocycles. The topological polar surface area (TPSA) is 148 Å². The molecule has 0 radical (unpaired) electrons. The Balaban J connectivity index is 1.84. The van der Waals surface area contributed by atoms with Gasteiger partial charge in [0.15, 0.2) is 11.6 Å². The summed E-state index contributed by atoms with van der Waals surface area (Å²) in [6, 6.07) is 5.95. The van der Waals surface area contributed by atoms with Crippen LogP contribution >= 0.6 is 0 Å². The fourth-order valence-electron chi connectivity index (χ4n) is 4.18. The van der Waals surface area contributed by atoms with Crippen LogP contribution in [0.1, 0.15) is 64.5 Å². The Morgan fingerprint density at radius 1 is 1.07 bits per heavy atom. The first-order chi connectivity index (χ1) is 19.7. The molecule has 0 saturated carbocycles. The number of carbonyl (C=O) groups is 3. The van der Waals surface area contributed by atoms with Crippen molar-refractivity contribution in [2.24, 2.45) is 0 Å². The summed E-state index contributed by atoms with van der Waals surface area (Å²) in [7, 11) is 0. The monoisotopic (exact) mass is 582 g/mol. The van der Waals surface area contributed by atoms with Crippen LogP contribution in [0.15, 0.2) is 30.5 Å². The van der Waals surface area contributed by atoms with Crippen LogP contribution in [0.2, 0.25) is 0 Å². The van der Waals surface area contributed by atoms with Gasteiger partial charge in [0.2, 0.25) is 5.95 Å². The highest BCUT2D eigenvalue weighted by Crippen LogP contribution is 2.39. The van der Waals surface area contributed by atoms with E-state index in [2.05, 4.69) is 25.6 Å². The largest absolute Gasteiger partial charge is 0.489 e. The summed E-state index contributed by atoms with van der Waals surface area (Å²) in [4.78, 5) is 51.9. The molecular formula is C29H35FN6O6. The van der Waals surface area contributed by atoms with Crippen LogP contribution in [-0.4, -0.2) is 57.4 Å². The molecule has 1 aliphatic rings. The number of carbonyl (C=O) groups excluding carboxylic acids is 3. The minimum absolute atomic E-state index is 0.0125. The fourth-order valence-corrected chi connectivity index (χ4v) is 4.18. The molecule has 0 aliphatic carbocycles. The van der Waals surface area contributed by atoms with E-state index in [0.717, 1.165) is 0 Å². The van der Waals surface area contributed by atoms with Crippen molar-refractivity contribution >= 4 is 35.4 Å². The van der Waals surface area contributed by atoms with Crippen LogP contribution in [0.5, 0.6) is 5.75 Å². The van der Waals surface area contributed by atoms with Gasteiger partial charge < -0.3 is 29.8 Å². The molecule has 0 fully saturated rings. The number of para-hydroxylation sites is 1. The molecular weight excluding hydrogens is 547 g/mol. The van der Waals surface area contributed by atoms with E-state index in [9.17, 15) is 18.8 Å². The number of rotatable bonds is 6. The zero-order chi connectivity index (χ0) is 30.8. The highest BCUT2D eigenvalue weighted by Gasteiger charge is 2.35. The Kier molecular flexibility index (Phi) is 8.41. The minimum Gasteiger partial charge on any atom is -0.489 e. The number of H-pyrrole nitrogens is 1. The van der Waals surface area contributed by atoms with Gasteiger partial charge in [-0.1, -0.05) is 6.07 Å². The van der Waals surface area contributed by atoms with E-state index >= 15 is 0 Å². The molecule has 2 aromatic heterocycles. The Labute approximate surface area is 243 Å². The predicted molar refractivity (Wildman–Crippen MR) is 154 cm³/mol. The number of imide groups is 1. The summed E-state index contributed by atoms with van der Waals surface area (Å²) in [5.74, 6) is -1.23. The van der Waals surface area contributed by atoms with Crippen molar-refractivity contribution in [3.05, 3.63) is 47.5 Å². The molecule has 3 amide bonds. The maximum Gasteiger partial charge on any atom is 0.427 e. The van der Waals surface area contributed by atoms with Crippen molar-refractivity contribution in [2.45, 2.75) is 66.1 Å². The number of halogens is 1. The second-order valence-electron chi connectivity index (χ2n) is 11.4. The molecule has 0 atom stereocenters. The normalized spacial score (nSPS) is 13.1. The van der Waals surface area contributed by atoms with Crippen LogP contribution < -0.4 is 20.3 Å². The van der Waals surface area contributed by atoms with E-state index in [1.807, 2.05) is 0 Å². The summed E-state index contributed by atoms with van der Waals surface area (Å²) < 4.78 is 31.1. The third kappa shape index (κ3) is 6.78.